The lowest BCUT2D eigenvalue weighted by Crippen LogP contribution is -2.48. The van der Waals surface area contributed by atoms with Crippen LogP contribution in [0.3, 0.4) is 0 Å². The van der Waals surface area contributed by atoms with Gasteiger partial charge in [0.05, 0.1) is 10.7 Å². The number of aryl methyl sites for hydroxylation is 2. The lowest BCUT2D eigenvalue weighted by molar-refractivity contribution is 0.198. The fourth-order valence-corrected chi connectivity index (χ4v) is 4.59. The molecule has 1 aromatic heterocycles. The molecule has 2 heterocycles. The average molecular weight is 528 g/mol. The molecular formula is C22H34IN5S. The summed E-state index contributed by atoms with van der Waals surface area (Å²) < 4.78 is 0. The third-order valence-electron chi connectivity index (χ3n) is 5.13. The lowest BCUT2D eigenvalue weighted by Gasteiger charge is -2.33. The van der Waals surface area contributed by atoms with Gasteiger partial charge in [-0.1, -0.05) is 30.3 Å². The highest BCUT2D eigenvalue weighted by molar-refractivity contribution is 14.0. The van der Waals surface area contributed by atoms with Crippen LogP contribution in [-0.2, 0) is 13.0 Å². The number of likely N-dealkylation sites (tertiary alicyclic amines) is 1. The summed E-state index contributed by atoms with van der Waals surface area (Å²) in [6, 6.07) is 11.3. The van der Waals surface area contributed by atoms with Gasteiger partial charge in [-0.15, -0.1) is 35.3 Å². The molecule has 0 saturated carbocycles. The maximum Gasteiger partial charge on any atom is 0.191 e. The molecule has 1 aliphatic heterocycles. The van der Waals surface area contributed by atoms with Crippen molar-refractivity contribution in [2.75, 3.05) is 26.2 Å². The van der Waals surface area contributed by atoms with Crippen molar-refractivity contribution in [3.8, 4) is 0 Å². The molecule has 5 nitrogen and oxygen atoms in total. The molecule has 1 saturated heterocycles. The number of hydrogen-bond donors (Lipinski definition) is 2. The molecule has 0 atom stereocenters. The van der Waals surface area contributed by atoms with Crippen molar-refractivity contribution >= 4 is 41.3 Å². The van der Waals surface area contributed by atoms with Gasteiger partial charge in [0.25, 0.3) is 0 Å². The largest absolute Gasteiger partial charge is 0.357 e. The molecule has 0 aliphatic carbocycles. The fraction of sp³-hybridized carbons (Fsp3) is 0.545. The minimum Gasteiger partial charge on any atom is -0.357 e. The topological polar surface area (TPSA) is 52.6 Å². The molecule has 2 aromatic rings. The number of thiazole rings is 1. The lowest BCUT2D eigenvalue weighted by atomic mass is 10.0. The molecule has 29 heavy (non-hydrogen) atoms. The zero-order chi connectivity index (χ0) is 19.8. The van der Waals surface area contributed by atoms with Gasteiger partial charge in [0, 0.05) is 50.1 Å². The first-order valence-electron chi connectivity index (χ1n) is 10.4. The SMILES string of the molecule is CCNC(=NCCc1sc(C)nc1C)NC1CCN(Cc2ccccc2)CC1.I. The standard InChI is InChI=1S/C22H33N5S.HI/c1-4-23-22(24-13-10-21-17(2)25-18(3)28-21)26-20-11-14-27(15-12-20)16-19-8-6-5-7-9-19;/h5-9,20H,4,10-16H2,1-3H3,(H2,23,24,26);1H. The van der Waals surface area contributed by atoms with Crippen molar-refractivity contribution in [2.24, 2.45) is 4.99 Å². The van der Waals surface area contributed by atoms with Gasteiger partial charge < -0.3 is 10.6 Å². The van der Waals surface area contributed by atoms with Gasteiger partial charge in [0.2, 0.25) is 0 Å². The van der Waals surface area contributed by atoms with Crippen LogP contribution in [0.15, 0.2) is 35.3 Å². The summed E-state index contributed by atoms with van der Waals surface area (Å²) >= 11 is 1.79. The predicted molar refractivity (Wildman–Crippen MR) is 135 cm³/mol. The van der Waals surface area contributed by atoms with E-state index in [-0.39, 0.29) is 24.0 Å². The first kappa shape index (κ1) is 24.1. The zero-order valence-corrected chi connectivity index (χ0v) is 20.9. The van der Waals surface area contributed by atoms with Crippen molar-refractivity contribution in [1.29, 1.82) is 0 Å². The molecule has 1 aliphatic rings. The summed E-state index contributed by atoms with van der Waals surface area (Å²) in [6.45, 7) is 11.3. The highest BCUT2D eigenvalue weighted by Gasteiger charge is 2.20. The molecule has 160 valence electrons. The van der Waals surface area contributed by atoms with Gasteiger partial charge in [0.15, 0.2) is 5.96 Å². The van der Waals surface area contributed by atoms with E-state index in [9.17, 15) is 0 Å². The number of nitrogens with zero attached hydrogens (tertiary/aromatic N) is 3. The van der Waals surface area contributed by atoms with Crippen molar-refractivity contribution in [1.82, 2.24) is 20.5 Å². The van der Waals surface area contributed by atoms with Crippen LogP contribution in [0.4, 0.5) is 0 Å². The molecule has 0 spiro atoms. The second-order valence-corrected chi connectivity index (χ2v) is 8.72. The molecule has 7 heteroatoms. The van der Waals surface area contributed by atoms with Gasteiger partial charge in [-0.25, -0.2) is 4.98 Å². The van der Waals surface area contributed by atoms with Gasteiger partial charge in [-0.05, 0) is 39.2 Å². The molecule has 1 fully saturated rings. The van der Waals surface area contributed by atoms with Crippen LogP contribution < -0.4 is 10.6 Å². The summed E-state index contributed by atoms with van der Waals surface area (Å²) in [5.41, 5.74) is 2.55. The monoisotopic (exact) mass is 527 g/mol. The Bertz CT molecular complexity index is 754. The van der Waals surface area contributed by atoms with Crippen LogP contribution in [0.2, 0.25) is 0 Å². The third kappa shape index (κ3) is 7.86. The third-order valence-corrected chi connectivity index (χ3v) is 6.26. The van der Waals surface area contributed by atoms with Gasteiger partial charge in [-0.3, -0.25) is 9.89 Å². The van der Waals surface area contributed by atoms with Gasteiger partial charge >= 0.3 is 0 Å². The summed E-state index contributed by atoms with van der Waals surface area (Å²) in [5, 5.41) is 8.19. The Kier molecular flexibility index (Phi) is 10.4. The Labute approximate surface area is 196 Å². The predicted octanol–water partition coefficient (Wildman–Crippen LogP) is 4.14. The Morgan fingerprint density at radius 3 is 2.55 bits per heavy atom. The first-order chi connectivity index (χ1) is 13.6. The number of hydrogen-bond acceptors (Lipinski definition) is 4. The van der Waals surface area contributed by atoms with E-state index in [1.54, 1.807) is 11.3 Å². The molecule has 2 N–H and O–H groups in total. The minimum absolute atomic E-state index is 0. The van der Waals surface area contributed by atoms with Crippen molar-refractivity contribution in [2.45, 2.75) is 52.6 Å². The molecule has 0 unspecified atom stereocenters. The first-order valence-corrected chi connectivity index (χ1v) is 11.2. The van der Waals surface area contributed by atoms with Crippen molar-refractivity contribution < 1.29 is 0 Å². The normalized spacial score (nSPS) is 15.8. The summed E-state index contributed by atoms with van der Waals surface area (Å²) in [5.74, 6) is 0.947. The number of aliphatic imine (C=N–C) groups is 1. The Hall–Kier alpha value is -1.19. The number of aromatic nitrogens is 1. The molecule has 0 radical (unpaired) electrons. The second-order valence-electron chi connectivity index (χ2n) is 7.43. The maximum absolute atomic E-state index is 4.80. The van der Waals surface area contributed by atoms with Crippen LogP contribution in [0.25, 0.3) is 0 Å². The van der Waals surface area contributed by atoms with Crippen molar-refractivity contribution in [3.05, 3.63) is 51.5 Å². The Morgan fingerprint density at radius 2 is 1.93 bits per heavy atom. The second kappa shape index (κ2) is 12.5. The van der Waals surface area contributed by atoms with Crippen LogP contribution in [0.1, 0.15) is 40.9 Å². The van der Waals surface area contributed by atoms with Gasteiger partial charge in [0.1, 0.15) is 0 Å². The molecule has 1 aromatic carbocycles. The van der Waals surface area contributed by atoms with E-state index in [0.29, 0.717) is 6.04 Å². The Morgan fingerprint density at radius 1 is 1.21 bits per heavy atom. The van der Waals surface area contributed by atoms with Crippen LogP contribution in [-0.4, -0.2) is 48.1 Å². The molecule has 0 amide bonds. The average Bonchev–Trinajstić information content (AvgIpc) is 3.01. The zero-order valence-electron chi connectivity index (χ0n) is 17.8. The number of nitrogens with one attached hydrogen (secondary N) is 2. The minimum atomic E-state index is 0. The van der Waals surface area contributed by atoms with Crippen LogP contribution in [0.5, 0.6) is 0 Å². The highest BCUT2D eigenvalue weighted by atomic mass is 127. The number of rotatable bonds is 7. The molecule has 0 bridgehead atoms. The molecular weight excluding hydrogens is 493 g/mol. The fourth-order valence-electron chi connectivity index (χ4n) is 3.67. The summed E-state index contributed by atoms with van der Waals surface area (Å²) in [6.07, 6.45) is 3.28. The van der Waals surface area contributed by atoms with Crippen LogP contribution >= 0.6 is 35.3 Å². The van der Waals surface area contributed by atoms with E-state index in [4.69, 9.17) is 4.99 Å². The number of guanidine groups is 1. The number of piperidine rings is 1. The summed E-state index contributed by atoms with van der Waals surface area (Å²) in [4.78, 5) is 13.2. The number of benzene rings is 1. The smallest absolute Gasteiger partial charge is 0.191 e. The maximum atomic E-state index is 4.80. The highest BCUT2D eigenvalue weighted by Crippen LogP contribution is 2.17. The van der Waals surface area contributed by atoms with Gasteiger partial charge in [-0.2, -0.15) is 0 Å². The van der Waals surface area contributed by atoms with E-state index in [1.807, 2.05) is 0 Å². The summed E-state index contributed by atoms with van der Waals surface area (Å²) in [7, 11) is 0. The van der Waals surface area contributed by atoms with E-state index in [1.165, 1.54) is 10.4 Å². The van der Waals surface area contributed by atoms with E-state index in [2.05, 4.69) is 71.6 Å². The van der Waals surface area contributed by atoms with Crippen molar-refractivity contribution in [3.63, 3.8) is 0 Å². The Balaban J connectivity index is 0.00000300. The van der Waals surface area contributed by atoms with Crippen LogP contribution in [0, 0.1) is 13.8 Å². The quantitative estimate of drug-likeness (QED) is 0.323. The van der Waals surface area contributed by atoms with E-state index < -0.39 is 0 Å². The molecule has 3 rings (SSSR count). The number of halogens is 1. The van der Waals surface area contributed by atoms with E-state index in [0.717, 1.165) is 68.6 Å². The van der Waals surface area contributed by atoms with E-state index >= 15 is 0 Å².